The molecular weight excluding hydrogens is 386 g/mol. The Kier molecular flexibility index (Phi) is 6.69. The van der Waals surface area contributed by atoms with Crippen molar-refractivity contribution >= 4 is 27.3 Å². The Bertz CT molecular complexity index is 971. The highest BCUT2D eigenvalue weighted by atomic mass is 32.2. The molecule has 1 fully saturated rings. The fourth-order valence-electron chi connectivity index (χ4n) is 3.27. The number of benzene rings is 2. The van der Waals surface area contributed by atoms with Crippen LogP contribution in [0.15, 0.2) is 58.5 Å². The maximum Gasteiger partial charge on any atom is 0.271 e. The molecule has 1 N–H and O–H groups in total. The Labute approximate surface area is 172 Å². The number of anilines is 1. The number of rotatable bonds is 5. The summed E-state index contributed by atoms with van der Waals surface area (Å²) in [5, 5.41) is 4.27. The largest absolute Gasteiger partial charge is 0.271 e. The lowest BCUT2D eigenvalue weighted by molar-refractivity contribution is 0.0954. The van der Waals surface area contributed by atoms with E-state index in [0.29, 0.717) is 11.3 Å². The SMILES string of the molecule is Cc1ccc(S(=O)(=O)N(C)c2ccc(C(=O)NN=C3CCCCCC3)cc2)cc1. The van der Waals surface area contributed by atoms with Crippen LogP contribution in [0.25, 0.3) is 0 Å². The van der Waals surface area contributed by atoms with E-state index < -0.39 is 10.0 Å². The number of sulfonamides is 1. The molecule has 0 aliphatic heterocycles. The molecule has 7 heteroatoms. The van der Waals surface area contributed by atoms with Crippen LogP contribution in [-0.2, 0) is 10.0 Å². The average molecular weight is 414 g/mol. The summed E-state index contributed by atoms with van der Waals surface area (Å²) in [6, 6.07) is 13.2. The molecule has 0 bridgehead atoms. The van der Waals surface area contributed by atoms with E-state index in [1.165, 1.54) is 24.2 Å². The number of hydrogen-bond acceptors (Lipinski definition) is 4. The lowest BCUT2D eigenvalue weighted by Gasteiger charge is -2.19. The van der Waals surface area contributed by atoms with E-state index in [-0.39, 0.29) is 10.8 Å². The van der Waals surface area contributed by atoms with Gasteiger partial charge in [0.05, 0.1) is 10.6 Å². The summed E-state index contributed by atoms with van der Waals surface area (Å²) in [4.78, 5) is 12.6. The van der Waals surface area contributed by atoms with E-state index in [0.717, 1.165) is 37.0 Å². The number of nitrogens with zero attached hydrogens (tertiary/aromatic N) is 2. The van der Waals surface area contributed by atoms with Crippen LogP contribution in [0, 0.1) is 6.92 Å². The summed E-state index contributed by atoms with van der Waals surface area (Å²) in [6.07, 6.45) is 6.53. The first-order valence-electron chi connectivity index (χ1n) is 9.89. The molecule has 0 saturated heterocycles. The number of nitrogens with one attached hydrogen (secondary N) is 1. The third-order valence-electron chi connectivity index (χ3n) is 5.17. The van der Waals surface area contributed by atoms with Gasteiger partial charge in [-0.1, -0.05) is 30.5 Å². The van der Waals surface area contributed by atoms with Crippen molar-refractivity contribution in [3.05, 3.63) is 59.7 Å². The standard InChI is InChI=1S/C22H27N3O3S/c1-17-9-15-21(16-10-17)29(27,28)25(2)20-13-11-18(12-14-20)22(26)24-23-19-7-5-3-4-6-8-19/h9-16H,3-8H2,1-2H3,(H,24,26). The van der Waals surface area contributed by atoms with Gasteiger partial charge in [0.25, 0.3) is 15.9 Å². The van der Waals surface area contributed by atoms with Crippen LogP contribution in [-0.4, -0.2) is 27.1 Å². The van der Waals surface area contributed by atoms with Gasteiger partial charge in [-0.3, -0.25) is 9.10 Å². The predicted molar refractivity (Wildman–Crippen MR) is 116 cm³/mol. The Morgan fingerprint density at radius 1 is 0.931 bits per heavy atom. The molecule has 0 heterocycles. The molecule has 0 aromatic heterocycles. The van der Waals surface area contributed by atoms with Crippen molar-refractivity contribution in [3.8, 4) is 0 Å². The molecule has 1 saturated carbocycles. The predicted octanol–water partition coefficient (Wildman–Crippen LogP) is 4.26. The fourth-order valence-corrected chi connectivity index (χ4v) is 4.47. The van der Waals surface area contributed by atoms with Crippen molar-refractivity contribution in [3.63, 3.8) is 0 Å². The zero-order valence-electron chi connectivity index (χ0n) is 16.9. The van der Waals surface area contributed by atoms with Gasteiger partial charge in [-0.05, 0) is 69.0 Å². The molecular formula is C22H27N3O3S. The monoisotopic (exact) mass is 413 g/mol. The van der Waals surface area contributed by atoms with Crippen LogP contribution in [0.3, 0.4) is 0 Å². The van der Waals surface area contributed by atoms with Crippen LogP contribution in [0.4, 0.5) is 5.69 Å². The van der Waals surface area contributed by atoms with E-state index in [9.17, 15) is 13.2 Å². The summed E-state index contributed by atoms with van der Waals surface area (Å²) < 4.78 is 26.8. The third kappa shape index (κ3) is 5.23. The Balaban J connectivity index is 1.69. The highest BCUT2D eigenvalue weighted by Gasteiger charge is 2.21. The van der Waals surface area contributed by atoms with Gasteiger partial charge in [-0.25, -0.2) is 13.8 Å². The van der Waals surface area contributed by atoms with Gasteiger partial charge in [-0.15, -0.1) is 0 Å². The lowest BCUT2D eigenvalue weighted by atomic mass is 10.2. The van der Waals surface area contributed by atoms with E-state index in [4.69, 9.17) is 0 Å². The maximum atomic E-state index is 12.8. The van der Waals surface area contributed by atoms with Crippen molar-refractivity contribution in [2.45, 2.75) is 50.3 Å². The van der Waals surface area contributed by atoms with Crippen LogP contribution < -0.4 is 9.73 Å². The molecule has 0 unspecified atom stereocenters. The molecule has 0 radical (unpaired) electrons. The van der Waals surface area contributed by atoms with E-state index >= 15 is 0 Å². The second-order valence-corrected chi connectivity index (χ2v) is 9.33. The Morgan fingerprint density at radius 3 is 2.10 bits per heavy atom. The average Bonchev–Trinajstić information content (AvgIpc) is 3.01. The summed E-state index contributed by atoms with van der Waals surface area (Å²) >= 11 is 0. The van der Waals surface area contributed by atoms with Gasteiger partial charge in [0, 0.05) is 18.3 Å². The van der Waals surface area contributed by atoms with Gasteiger partial charge in [0.2, 0.25) is 0 Å². The van der Waals surface area contributed by atoms with Crippen molar-refractivity contribution in [2.24, 2.45) is 5.10 Å². The lowest BCUT2D eigenvalue weighted by Crippen LogP contribution is -2.26. The molecule has 154 valence electrons. The van der Waals surface area contributed by atoms with Gasteiger partial charge in [-0.2, -0.15) is 5.10 Å². The molecule has 3 rings (SSSR count). The van der Waals surface area contributed by atoms with Crippen molar-refractivity contribution in [1.82, 2.24) is 5.43 Å². The minimum absolute atomic E-state index is 0.228. The minimum atomic E-state index is -3.66. The molecule has 0 spiro atoms. The Morgan fingerprint density at radius 2 is 1.52 bits per heavy atom. The number of hydrogen-bond donors (Lipinski definition) is 1. The first kappa shape index (κ1) is 21.0. The highest BCUT2D eigenvalue weighted by molar-refractivity contribution is 7.92. The number of hydrazone groups is 1. The summed E-state index contributed by atoms with van der Waals surface area (Å²) in [5.74, 6) is -0.294. The molecule has 1 aliphatic carbocycles. The second kappa shape index (κ2) is 9.22. The number of amides is 1. The summed E-state index contributed by atoms with van der Waals surface area (Å²) in [5.41, 5.74) is 5.58. The topological polar surface area (TPSA) is 78.8 Å². The summed E-state index contributed by atoms with van der Waals surface area (Å²) in [7, 11) is -2.16. The fraction of sp³-hybridized carbons (Fsp3) is 0.364. The molecule has 1 amide bonds. The molecule has 2 aromatic carbocycles. The van der Waals surface area contributed by atoms with Gasteiger partial charge in [0.1, 0.15) is 0 Å². The zero-order chi connectivity index (χ0) is 20.9. The quantitative estimate of drug-likeness (QED) is 0.588. The molecule has 0 atom stereocenters. The normalized spacial score (nSPS) is 14.8. The Hall–Kier alpha value is -2.67. The molecule has 29 heavy (non-hydrogen) atoms. The highest BCUT2D eigenvalue weighted by Crippen LogP contribution is 2.23. The number of carbonyl (C=O) groups is 1. The van der Waals surface area contributed by atoms with Gasteiger partial charge in [0.15, 0.2) is 0 Å². The van der Waals surface area contributed by atoms with Crippen LogP contribution in [0.5, 0.6) is 0 Å². The van der Waals surface area contributed by atoms with Gasteiger partial charge < -0.3 is 0 Å². The van der Waals surface area contributed by atoms with Crippen molar-refractivity contribution in [1.29, 1.82) is 0 Å². The first-order valence-corrected chi connectivity index (χ1v) is 11.3. The van der Waals surface area contributed by atoms with Crippen LogP contribution in [0.2, 0.25) is 0 Å². The summed E-state index contributed by atoms with van der Waals surface area (Å²) in [6.45, 7) is 1.91. The van der Waals surface area contributed by atoms with Crippen molar-refractivity contribution in [2.75, 3.05) is 11.4 Å². The minimum Gasteiger partial charge on any atom is -0.269 e. The van der Waals surface area contributed by atoms with Crippen LogP contribution >= 0.6 is 0 Å². The van der Waals surface area contributed by atoms with Crippen molar-refractivity contribution < 1.29 is 13.2 Å². The number of aryl methyl sites for hydroxylation is 1. The van der Waals surface area contributed by atoms with Crippen LogP contribution in [0.1, 0.15) is 54.4 Å². The zero-order valence-corrected chi connectivity index (χ0v) is 17.7. The number of carbonyl (C=O) groups excluding carboxylic acids is 1. The molecule has 1 aliphatic rings. The van der Waals surface area contributed by atoms with E-state index in [1.807, 2.05) is 6.92 Å². The second-order valence-electron chi connectivity index (χ2n) is 7.37. The van der Waals surface area contributed by atoms with Gasteiger partial charge >= 0.3 is 0 Å². The van der Waals surface area contributed by atoms with E-state index in [2.05, 4.69) is 10.5 Å². The third-order valence-corrected chi connectivity index (χ3v) is 6.97. The molecule has 2 aromatic rings. The molecule has 6 nitrogen and oxygen atoms in total. The first-order chi connectivity index (χ1) is 13.9. The van der Waals surface area contributed by atoms with E-state index in [1.54, 1.807) is 48.5 Å². The maximum absolute atomic E-state index is 12.8. The smallest absolute Gasteiger partial charge is 0.269 e.